The van der Waals surface area contributed by atoms with Gasteiger partial charge in [0, 0.05) is 58.2 Å². The van der Waals surface area contributed by atoms with Gasteiger partial charge in [-0.15, -0.1) is 0 Å². The van der Waals surface area contributed by atoms with Crippen LogP contribution in [0.2, 0.25) is 0 Å². The summed E-state index contributed by atoms with van der Waals surface area (Å²) in [6.45, 7) is 10.8. The van der Waals surface area contributed by atoms with E-state index in [1.54, 1.807) is 0 Å². The van der Waals surface area contributed by atoms with Crippen molar-refractivity contribution in [1.29, 1.82) is 0 Å². The van der Waals surface area contributed by atoms with Gasteiger partial charge in [0.15, 0.2) is 0 Å². The molecule has 26 heteroatoms. The predicted molar refractivity (Wildman–Crippen MR) is 438 cm³/mol. The number of urea groups is 1. The Morgan fingerprint density at radius 1 is 0.336 bits per heavy atom. The minimum atomic E-state index is -4.79. The topological polar surface area (TPSA) is 307 Å². The number of nitrogens with one attached hydrogen (secondary N) is 4. The SMILES string of the molecule is CCCCCCCCCCCC(=O)CC(=O)N[C@H](COCC[C@@H](CCCCCCC)CC(=O)CCCCCCCCCCC)COP(=O)(O)OCCNC(=O)NCCOP(=O)(O)OC[C@@H](COCC[C@@H](CCCCCCC)OC(=O)CCCCCCCCCCC)NC(=O)CC(=O)CCCCCCCCCCC.[H-].[H-].[Na+].[Na+]. The van der Waals surface area contributed by atoms with E-state index in [-0.39, 0.29) is 163 Å². The zero-order valence-corrected chi connectivity index (χ0v) is 77.3. The molecule has 6 N–H and O–H groups in total. The molecule has 0 aromatic heterocycles. The zero-order chi connectivity index (χ0) is 79.5. The van der Waals surface area contributed by atoms with Crippen LogP contribution in [0.1, 0.15) is 410 Å². The number of hydrogen-bond donors (Lipinski definition) is 6. The van der Waals surface area contributed by atoms with Crippen LogP contribution in [-0.2, 0) is 70.2 Å². The van der Waals surface area contributed by atoms with Crippen LogP contribution in [0.3, 0.4) is 0 Å². The van der Waals surface area contributed by atoms with Gasteiger partial charge in [-0.25, -0.2) is 13.9 Å². The van der Waals surface area contributed by atoms with Crippen molar-refractivity contribution >= 4 is 56.8 Å². The molecule has 110 heavy (non-hydrogen) atoms. The molecule has 0 fully saturated rings. The van der Waals surface area contributed by atoms with Gasteiger partial charge in [0.1, 0.15) is 23.5 Å². The summed E-state index contributed by atoms with van der Waals surface area (Å²) in [6.07, 6.45) is 54.7. The Labute approximate surface area is 717 Å². The Bertz CT molecular complexity index is 2150. The van der Waals surface area contributed by atoms with Crippen LogP contribution in [0, 0.1) is 5.92 Å². The molecule has 0 aliphatic carbocycles. The van der Waals surface area contributed by atoms with Crippen molar-refractivity contribution in [3.63, 3.8) is 0 Å². The Hall–Kier alpha value is -1.17. The van der Waals surface area contributed by atoms with Gasteiger partial charge in [0.25, 0.3) is 0 Å². The van der Waals surface area contributed by atoms with E-state index in [2.05, 4.69) is 62.8 Å². The molecule has 4 amide bonds. The maximum Gasteiger partial charge on any atom is 1.00 e. The molecular weight excluding hydrogens is 1460 g/mol. The summed E-state index contributed by atoms with van der Waals surface area (Å²) in [5, 5.41) is 10.4. The molecule has 0 rings (SSSR count). The number of amides is 4. The Morgan fingerprint density at radius 2 is 0.636 bits per heavy atom. The van der Waals surface area contributed by atoms with E-state index in [9.17, 15) is 52.5 Å². The van der Waals surface area contributed by atoms with E-state index >= 15 is 0 Å². The van der Waals surface area contributed by atoms with Gasteiger partial charge in [0.2, 0.25) is 11.8 Å². The van der Waals surface area contributed by atoms with Gasteiger partial charge < -0.3 is 48.1 Å². The molecule has 22 nitrogen and oxygen atoms in total. The third-order valence-corrected chi connectivity index (χ3v) is 21.8. The Balaban J connectivity index is -0.00000954. The van der Waals surface area contributed by atoms with Crippen LogP contribution in [0.25, 0.3) is 0 Å². The van der Waals surface area contributed by atoms with E-state index < -0.39 is 72.0 Å². The number of carbonyl (C=O) groups is 7. The van der Waals surface area contributed by atoms with E-state index in [0.29, 0.717) is 51.4 Å². The van der Waals surface area contributed by atoms with Crippen LogP contribution in [0.4, 0.5) is 4.79 Å². The first-order chi connectivity index (χ1) is 52.3. The van der Waals surface area contributed by atoms with Crippen molar-refractivity contribution < 1.29 is 147 Å². The van der Waals surface area contributed by atoms with Crippen LogP contribution >= 0.6 is 15.6 Å². The summed E-state index contributed by atoms with van der Waals surface area (Å²) in [5.41, 5.74) is 0. The number of ketones is 3. The van der Waals surface area contributed by atoms with Crippen molar-refractivity contribution in [2.45, 2.75) is 426 Å². The average molecular weight is 1630 g/mol. The first kappa shape index (κ1) is 113. The van der Waals surface area contributed by atoms with Crippen molar-refractivity contribution in [2.75, 3.05) is 65.9 Å². The molecule has 0 bridgehead atoms. The predicted octanol–water partition coefficient (Wildman–Crippen LogP) is 15.4. The normalized spacial score (nSPS) is 13.6. The molecule has 0 heterocycles. The second-order valence-corrected chi connectivity index (χ2v) is 33.4. The quantitative estimate of drug-likeness (QED) is 0.0108. The second kappa shape index (κ2) is 82.9. The number of hydrogen-bond acceptors (Lipinski definition) is 16. The smallest absolute Gasteiger partial charge is 1.00 e. The van der Waals surface area contributed by atoms with E-state index in [0.717, 1.165) is 141 Å². The number of rotatable bonds is 85. The maximum atomic E-state index is 13.3. The minimum absolute atomic E-state index is 0. The third-order valence-electron chi connectivity index (χ3n) is 19.8. The van der Waals surface area contributed by atoms with E-state index in [1.807, 2.05) is 0 Å². The molecule has 6 atom stereocenters. The van der Waals surface area contributed by atoms with Crippen LogP contribution in [0.5, 0.6) is 0 Å². The summed E-state index contributed by atoms with van der Waals surface area (Å²) < 4.78 is 65.4. The zero-order valence-electron chi connectivity index (χ0n) is 73.5. The van der Waals surface area contributed by atoms with Gasteiger partial charge >= 0.3 is 86.8 Å². The Kier molecular flexibility index (Phi) is 85.2. The number of phosphoric acid groups is 2. The molecule has 0 radical (unpaired) electrons. The minimum Gasteiger partial charge on any atom is -1.00 e. The molecule has 0 aromatic rings. The van der Waals surface area contributed by atoms with E-state index in [1.165, 1.54) is 148 Å². The monoisotopic (exact) mass is 1630 g/mol. The largest absolute Gasteiger partial charge is 1.00 e. The number of phosphoric ester groups is 2. The van der Waals surface area contributed by atoms with Crippen molar-refractivity contribution in [3.8, 4) is 0 Å². The maximum absolute atomic E-state index is 13.3. The fraction of sp³-hybridized carbons (Fsp3) is 0.917. The molecule has 0 spiro atoms. The summed E-state index contributed by atoms with van der Waals surface area (Å²) in [7, 11) is -9.57. The Morgan fingerprint density at radius 3 is 0.991 bits per heavy atom. The molecule has 2 unspecified atom stereocenters. The number of Topliss-reactive ketones (excluding diaryl/α,β-unsaturated/α-hetero) is 3. The average Bonchev–Trinajstić information content (AvgIpc) is 0.911. The summed E-state index contributed by atoms with van der Waals surface area (Å²) in [6, 6.07) is -2.68. The standard InChI is InChI=1S/C84H162N4O18P2.2Na.2H/c1-7-13-19-25-29-33-37-43-48-54-77(89)67-74(53-47-41-23-17-11-5)59-63-100-70-75(87-81(92)68-78(90)55-49-44-38-34-30-26-20-14-8-2)72-104-107(96,97)102-65-61-85-84(95)86-62-66-103-108(98,99)105-73-76(88-82(93)69-79(91)56-50-45-39-35-31-27-21-15-9-3)71-101-64-60-80(57-51-42-24-18-12-6)106-83(94)58-52-46-40-36-32-28-22-16-10-4;;;;/h74-76,80H,7-73H2,1-6H3,(H,87,92)(H,88,93)(H,96,97)(H,98,99)(H2,85,86,95);;;;/q;2*+1;2*-1/t74-,75-,76-,80-;;;;/m1..../s1. The van der Waals surface area contributed by atoms with Gasteiger partial charge in [-0.1, -0.05) is 305 Å². The summed E-state index contributed by atoms with van der Waals surface area (Å²) >= 11 is 0. The van der Waals surface area contributed by atoms with Gasteiger partial charge in [-0.2, -0.15) is 0 Å². The second-order valence-electron chi connectivity index (χ2n) is 30.5. The van der Waals surface area contributed by atoms with Crippen molar-refractivity contribution in [1.82, 2.24) is 21.3 Å². The van der Waals surface area contributed by atoms with Crippen LogP contribution in [0.15, 0.2) is 0 Å². The summed E-state index contributed by atoms with van der Waals surface area (Å²) in [4.78, 5) is 113. The summed E-state index contributed by atoms with van der Waals surface area (Å²) in [5.74, 6) is -1.41. The number of ether oxygens (including phenoxy) is 3. The fourth-order valence-electron chi connectivity index (χ4n) is 13.2. The van der Waals surface area contributed by atoms with Crippen molar-refractivity contribution in [3.05, 3.63) is 0 Å². The number of unbranched alkanes of at least 4 members (excludes halogenated alkanes) is 40. The molecule has 0 aromatic carbocycles. The van der Waals surface area contributed by atoms with Crippen molar-refractivity contribution in [2.24, 2.45) is 5.92 Å². The number of carbonyl (C=O) groups excluding carboxylic acids is 7. The van der Waals surface area contributed by atoms with Crippen LogP contribution < -0.4 is 80.4 Å². The van der Waals surface area contributed by atoms with Gasteiger partial charge in [-0.3, -0.25) is 46.9 Å². The first-order valence-electron chi connectivity index (χ1n) is 44.1. The van der Waals surface area contributed by atoms with Gasteiger partial charge in [0.05, 0.1) is 71.2 Å². The molecule has 0 saturated heterocycles. The molecule has 0 aliphatic heterocycles. The molecule has 0 aliphatic rings. The number of esters is 1. The first-order valence-corrected chi connectivity index (χ1v) is 47.0. The third kappa shape index (κ3) is 79.3. The molecular formula is C84H164N4Na2O18P2. The van der Waals surface area contributed by atoms with E-state index in [4.69, 9.17) is 32.3 Å². The van der Waals surface area contributed by atoms with Gasteiger partial charge in [-0.05, 0) is 57.3 Å². The van der Waals surface area contributed by atoms with Crippen LogP contribution in [-0.4, -0.2) is 135 Å². The molecule has 640 valence electrons. The molecule has 0 saturated carbocycles. The fourth-order valence-corrected chi connectivity index (χ4v) is 14.7.